The van der Waals surface area contributed by atoms with Crippen molar-refractivity contribution in [2.45, 2.75) is 20.6 Å². The molecule has 2 aliphatic rings. The second-order valence-corrected chi connectivity index (χ2v) is 11.2. The molecule has 160 valence electrons. The van der Waals surface area contributed by atoms with Crippen LogP contribution in [-0.4, -0.2) is 31.9 Å². The van der Waals surface area contributed by atoms with E-state index in [9.17, 15) is 19.8 Å². The van der Waals surface area contributed by atoms with Crippen LogP contribution in [0.25, 0.3) is 22.1 Å². The summed E-state index contributed by atoms with van der Waals surface area (Å²) < 4.78 is 0. The average molecular weight is 564 g/mol. The second kappa shape index (κ2) is 10.1. The number of carbonyl (C=O) groups excluding carboxylic acids is 2. The van der Waals surface area contributed by atoms with Crippen LogP contribution in [-0.2, 0) is 29.1 Å². The maximum Gasteiger partial charge on any atom is 2.00 e. The van der Waals surface area contributed by atoms with E-state index in [2.05, 4.69) is 19.9 Å². The van der Waals surface area contributed by atoms with Crippen LogP contribution in [0.5, 0.6) is 0 Å². The maximum absolute atomic E-state index is 10.9. The first-order chi connectivity index (χ1) is 15.5. The van der Waals surface area contributed by atoms with E-state index in [1.165, 1.54) is 43.2 Å². The monoisotopic (exact) mass is 562 g/mol. The van der Waals surface area contributed by atoms with E-state index < -0.39 is 22.4 Å². The fraction of sp³-hybridized carbons (Fsp3) is 0.100. The number of aromatic nitrogens is 4. The Morgan fingerprint density at radius 1 is 0.636 bits per heavy atom. The van der Waals surface area contributed by atoms with Gasteiger partial charge in [-0.25, -0.2) is 19.9 Å². The van der Waals surface area contributed by atoms with Gasteiger partial charge in [-0.1, -0.05) is 45.9 Å². The van der Waals surface area contributed by atoms with Crippen LogP contribution in [0.15, 0.2) is 58.6 Å². The summed E-state index contributed by atoms with van der Waals surface area (Å²) in [7, 11) is 5.12. The van der Waals surface area contributed by atoms with Crippen LogP contribution in [0.2, 0.25) is 0 Å². The molecular weight excluding hydrogens is 554 g/mol. The summed E-state index contributed by atoms with van der Waals surface area (Å²) in [4.78, 5) is 39.2. The first kappa shape index (κ1) is 24.2. The summed E-state index contributed by atoms with van der Waals surface area (Å²) in [6, 6.07) is 14.8. The molecule has 0 spiro atoms. The Balaban J connectivity index is 0.000000152. The normalized spacial score (nSPS) is 18.1. The molecule has 2 aliphatic heterocycles. The molecule has 2 atom stereocenters. The summed E-state index contributed by atoms with van der Waals surface area (Å²) in [6.45, 7) is 0. The van der Waals surface area contributed by atoms with Crippen molar-refractivity contribution in [1.82, 2.24) is 19.9 Å². The number of hydrogen-bond acceptors (Lipinski definition) is 12. The van der Waals surface area contributed by atoms with Gasteiger partial charge in [0.15, 0.2) is 0 Å². The Bertz CT molecular complexity index is 1290. The molecule has 0 fully saturated rings. The molecule has 0 radical (unpaired) electrons. The Labute approximate surface area is 215 Å². The Morgan fingerprint density at radius 2 is 0.970 bits per heavy atom. The van der Waals surface area contributed by atoms with E-state index in [1.807, 2.05) is 48.5 Å². The maximum atomic E-state index is 10.9. The molecule has 2 aromatic carbocycles. The van der Waals surface area contributed by atoms with Crippen molar-refractivity contribution in [1.29, 1.82) is 0 Å². The number of carboxylic acids is 2. The predicted molar refractivity (Wildman–Crippen MR) is 121 cm³/mol. The van der Waals surface area contributed by atoms with Crippen LogP contribution in [0.3, 0.4) is 0 Å². The van der Waals surface area contributed by atoms with E-state index >= 15 is 0 Å². The number of carbonyl (C=O) groups is 2. The van der Waals surface area contributed by atoms with E-state index in [0.29, 0.717) is 21.4 Å². The first-order valence-electron chi connectivity index (χ1n) is 9.13. The van der Waals surface area contributed by atoms with Gasteiger partial charge in [0.2, 0.25) is 0 Å². The average Bonchev–Trinajstić information content (AvgIpc) is 3.40. The molecule has 8 nitrogen and oxygen atoms in total. The number of fused-ring (bicyclic) bond motifs is 4. The first-order valence-corrected chi connectivity index (χ1v) is 13.6. The van der Waals surface area contributed by atoms with Gasteiger partial charge in [-0.15, -0.1) is 0 Å². The topological polar surface area (TPSA) is 132 Å². The van der Waals surface area contributed by atoms with Crippen LogP contribution in [0.4, 0.5) is 0 Å². The summed E-state index contributed by atoms with van der Waals surface area (Å²) in [6.07, 6.45) is 0. The van der Waals surface area contributed by atoms with Crippen LogP contribution in [0.1, 0.15) is 21.9 Å². The summed E-state index contributed by atoms with van der Waals surface area (Å²) >= 11 is 0. The van der Waals surface area contributed by atoms with Crippen molar-refractivity contribution in [3.05, 3.63) is 59.9 Å². The largest absolute Gasteiger partial charge is 2.00 e. The van der Waals surface area contributed by atoms with Crippen molar-refractivity contribution >= 4 is 77.2 Å². The van der Waals surface area contributed by atoms with E-state index in [0.717, 1.165) is 22.1 Å². The molecule has 0 bridgehead atoms. The Morgan fingerprint density at radius 3 is 1.30 bits per heavy atom. The van der Waals surface area contributed by atoms with Crippen molar-refractivity contribution in [3.63, 3.8) is 0 Å². The molecule has 0 amide bonds. The summed E-state index contributed by atoms with van der Waals surface area (Å²) in [5.41, 5.74) is 4.02. The molecular formula is C20H10N4O4S4Zn. The Kier molecular flexibility index (Phi) is 7.44. The quantitative estimate of drug-likeness (QED) is 0.262. The smallest absolute Gasteiger partial charge is 0.548 e. The minimum atomic E-state index is -1.11. The minimum absolute atomic E-state index is 0. The van der Waals surface area contributed by atoms with Crippen molar-refractivity contribution < 1.29 is 39.3 Å². The van der Waals surface area contributed by atoms with Gasteiger partial charge in [0.05, 0.1) is 55.9 Å². The molecule has 2 unspecified atom stereocenters. The van der Waals surface area contributed by atoms with E-state index in [-0.39, 0.29) is 19.5 Å². The molecule has 33 heavy (non-hydrogen) atoms. The number of para-hydroxylation sites is 4. The van der Waals surface area contributed by atoms with E-state index in [1.54, 1.807) is 0 Å². The zero-order valence-corrected chi connectivity index (χ0v) is 22.8. The van der Waals surface area contributed by atoms with Gasteiger partial charge in [-0.05, 0) is 45.9 Å². The molecule has 4 heterocycles. The standard InChI is InChI=1S/2C10H6N2O2S2.Zn/c2*13-10(14)8-7-9(16-15-8)12-6-4-2-1-3-5(6)11-7;/h2*1-4,8H,(H,13,14);/q;;+2/p-2. The van der Waals surface area contributed by atoms with Crippen LogP contribution >= 0.6 is 43.2 Å². The zero-order chi connectivity index (χ0) is 22.2. The summed E-state index contributed by atoms with van der Waals surface area (Å²) in [5.74, 6) is -2.22. The molecule has 2 aromatic heterocycles. The van der Waals surface area contributed by atoms with E-state index in [4.69, 9.17) is 0 Å². The Hall–Kier alpha value is -1.92. The van der Waals surface area contributed by atoms with Gasteiger partial charge >= 0.3 is 19.5 Å². The molecule has 0 saturated heterocycles. The second-order valence-electron chi connectivity index (χ2n) is 6.56. The molecule has 4 aromatic rings. The fourth-order valence-corrected chi connectivity index (χ4v) is 7.88. The van der Waals surface area contributed by atoms with Gasteiger partial charge in [0.1, 0.15) is 10.1 Å². The number of rotatable bonds is 2. The number of hydrogen-bond donors (Lipinski definition) is 0. The zero-order valence-electron chi connectivity index (χ0n) is 16.5. The molecule has 0 saturated carbocycles. The molecule has 0 N–H and O–H groups in total. The number of benzene rings is 2. The molecule has 6 rings (SSSR count). The van der Waals surface area contributed by atoms with Crippen LogP contribution < -0.4 is 10.2 Å². The minimum Gasteiger partial charge on any atom is -0.548 e. The third-order valence-corrected chi connectivity index (χ3v) is 9.50. The number of aliphatic carboxylic acids is 2. The van der Waals surface area contributed by atoms with Gasteiger partial charge in [-0.3, -0.25) is 0 Å². The fourth-order valence-electron chi connectivity index (χ4n) is 3.04. The molecule has 0 aliphatic carbocycles. The summed E-state index contributed by atoms with van der Waals surface area (Å²) in [5, 5.41) is 21.7. The van der Waals surface area contributed by atoms with Gasteiger partial charge < -0.3 is 19.8 Å². The van der Waals surface area contributed by atoms with Crippen molar-refractivity contribution in [2.75, 3.05) is 0 Å². The van der Waals surface area contributed by atoms with Crippen LogP contribution in [0, 0.1) is 0 Å². The SMILES string of the molecule is O=C([O-])C1SSc2nc3ccccc3nc21.O=C([O-])C1SSc2nc3ccccc3nc21.[Zn+2]. The van der Waals surface area contributed by atoms with Gasteiger partial charge in [0.25, 0.3) is 0 Å². The third kappa shape index (κ3) is 4.83. The predicted octanol–water partition coefficient (Wildman–Crippen LogP) is 2.35. The number of carboxylic acid groups (broad SMARTS) is 2. The third-order valence-electron chi connectivity index (χ3n) is 4.50. The molecule has 13 heteroatoms. The van der Waals surface area contributed by atoms with Crippen molar-refractivity contribution in [3.8, 4) is 0 Å². The van der Waals surface area contributed by atoms with Gasteiger partial charge in [-0.2, -0.15) is 0 Å². The van der Waals surface area contributed by atoms with Crippen molar-refractivity contribution in [2.24, 2.45) is 0 Å². The number of nitrogens with zero attached hydrogens (tertiary/aromatic N) is 4. The van der Waals surface area contributed by atoms with Gasteiger partial charge in [0, 0.05) is 0 Å².